The normalized spacial score (nSPS) is 14.4. The molecule has 4 rings (SSSR count). The van der Waals surface area contributed by atoms with Crippen LogP contribution >= 0.6 is 11.3 Å². The Balaban J connectivity index is 1.81. The van der Waals surface area contributed by atoms with Gasteiger partial charge in [-0.2, -0.15) is 0 Å². The zero-order valence-corrected chi connectivity index (χ0v) is 11.4. The molecule has 20 heavy (non-hydrogen) atoms. The highest BCUT2D eigenvalue weighted by molar-refractivity contribution is 7.18. The van der Waals surface area contributed by atoms with Crippen LogP contribution in [-0.2, 0) is 12.8 Å². The van der Waals surface area contributed by atoms with E-state index < -0.39 is 0 Å². The molecule has 0 bridgehead atoms. The third kappa shape index (κ3) is 1.82. The average Bonchev–Trinajstić information content (AvgIpc) is 3.12. The molecule has 0 fully saturated rings. The summed E-state index contributed by atoms with van der Waals surface area (Å²) in [6.07, 6.45) is 8.12. The lowest BCUT2D eigenvalue weighted by Gasteiger charge is -1.94. The van der Waals surface area contributed by atoms with Crippen molar-refractivity contribution in [2.24, 2.45) is 0 Å². The minimum Gasteiger partial charge on any atom is -0.465 e. The van der Waals surface area contributed by atoms with Gasteiger partial charge in [0.05, 0.1) is 6.26 Å². The highest BCUT2D eigenvalue weighted by atomic mass is 32.1. The van der Waals surface area contributed by atoms with E-state index in [1.54, 1.807) is 35.8 Å². The largest absolute Gasteiger partial charge is 0.465 e. The molecule has 100 valence electrons. The monoisotopic (exact) mass is 285 g/mol. The molecule has 0 atom stereocenters. The van der Waals surface area contributed by atoms with Crippen LogP contribution in [0.5, 0.6) is 0 Å². The van der Waals surface area contributed by atoms with Gasteiger partial charge >= 0.3 is 5.63 Å². The van der Waals surface area contributed by atoms with Crippen molar-refractivity contribution in [1.82, 2.24) is 4.98 Å². The summed E-state index contributed by atoms with van der Waals surface area (Å²) < 4.78 is 10.5. The number of aryl methyl sites for hydroxylation is 2. The van der Waals surface area contributed by atoms with Gasteiger partial charge in [0.15, 0.2) is 0 Å². The minimum atomic E-state index is -0.284. The Morgan fingerprint density at radius 2 is 2.25 bits per heavy atom. The standard InChI is InChI=1S/C15H11NO3S/c17-15-13-10-4-1-5-11(10)20-14(13)16-12(19-15)7-6-9-3-2-8-18-9/h2-3,6-8H,1,4-5H2/b7-6+. The second-order valence-corrected chi connectivity index (χ2v) is 5.81. The molecule has 0 aromatic carbocycles. The first-order valence-electron chi connectivity index (χ1n) is 6.48. The fourth-order valence-electron chi connectivity index (χ4n) is 2.56. The average molecular weight is 285 g/mol. The number of nitrogens with zero attached hydrogens (tertiary/aromatic N) is 1. The third-order valence-corrected chi connectivity index (χ3v) is 4.63. The Bertz CT molecular complexity index is 855. The molecule has 0 spiro atoms. The van der Waals surface area contributed by atoms with Gasteiger partial charge in [-0.3, -0.25) is 0 Å². The summed E-state index contributed by atoms with van der Waals surface area (Å²) in [6, 6.07) is 3.63. The van der Waals surface area contributed by atoms with Gasteiger partial charge in [-0.15, -0.1) is 11.3 Å². The second-order valence-electron chi connectivity index (χ2n) is 4.73. The molecule has 0 N–H and O–H groups in total. The summed E-state index contributed by atoms with van der Waals surface area (Å²) >= 11 is 1.61. The molecule has 0 aliphatic heterocycles. The van der Waals surface area contributed by atoms with Crippen LogP contribution in [0.2, 0.25) is 0 Å². The molecule has 3 heterocycles. The highest BCUT2D eigenvalue weighted by Crippen LogP contribution is 2.34. The zero-order valence-electron chi connectivity index (χ0n) is 10.6. The van der Waals surface area contributed by atoms with Crippen molar-refractivity contribution >= 4 is 33.7 Å². The number of hydrogen-bond donors (Lipinski definition) is 0. The van der Waals surface area contributed by atoms with Crippen molar-refractivity contribution in [3.8, 4) is 0 Å². The summed E-state index contributed by atoms with van der Waals surface area (Å²) in [4.78, 5) is 18.6. The van der Waals surface area contributed by atoms with Crippen LogP contribution in [0.25, 0.3) is 22.4 Å². The molecular weight excluding hydrogens is 274 g/mol. The maximum atomic E-state index is 12.1. The van der Waals surface area contributed by atoms with Gasteiger partial charge < -0.3 is 8.83 Å². The first-order valence-corrected chi connectivity index (χ1v) is 7.30. The van der Waals surface area contributed by atoms with Gasteiger partial charge in [0.1, 0.15) is 16.0 Å². The summed E-state index contributed by atoms with van der Waals surface area (Å²) in [5, 5.41) is 0.678. The number of aromatic nitrogens is 1. The van der Waals surface area contributed by atoms with Gasteiger partial charge in [0.2, 0.25) is 5.89 Å². The van der Waals surface area contributed by atoms with E-state index in [4.69, 9.17) is 8.83 Å². The maximum Gasteiger partial charge on any atom is 0.348 e. The Hall–Kier alpha value is -2.14. The molecule has 0 amide bonds. The number of hydrogen-bond acceptors (Lipinski definition) is 5. The summed E-state index contributed by atoms with van der Waals surface area (Å²) in [5.74, 6) is 1.02. The highest BCUT2D eigenvalue weighted by Gasteiger charge is 2.21. The van der Waals surface area contributed by atoms with Crippen molar-refractivity contribution in [1.29, 1.82) is 0 Å². The van der Waals surface area contributed by atoms with E-state index >= 15 is 0 Å². The predicted molar refractivity (Wildman–Crippen MR) is 77.8 cm³/mol. The fourth-order valence-corrected chi connectivity index (χ4v) is 3.81. The fraction of sp³-hybridized carbons (Fsp3) is 0.200. The van der Waals surface area contributed by atoms with Gasteiger partial charge in [0, 0.05) is 11.0 Å². The number of rotatable bonds is 2. The van der Waals surface area contributed by atoms with Crippen LogP contribution in [0.15, 0.2) is 32.0 Å². The molecule has 4 nitrogen and oxygen atoms in total. The lowest BCUT2D eigenvalue weighted by Crippen LogP contribution is -2.02. The zero-order chi connectivity index (χ0) is 13.5. The number of furan rings is 1. The Kier molecular flexibility index (Phi) is 2.60. The van der Waals surface area contributed by atoms with Crippen LogP contribution in [0, 0.1) is 0 Å². The van der Waals surface area contributed by atoms with Crippen molar-refractivity contribution < 1.29 is 8.83 Å². The van der Waals surface area contributed by atoms with Crippen LogP contribution in [0.3, 0.4) is 0 Å². The van der Waals surface area contributed by atoms with E-state index in [0.29, 0.717) is 17.0 Å². The molecule has 0 saturated carbocycles. The minimum absolute atomic E-state index is 0.284. The van der Waals surface area contributed by atoms with Gasteiger partial charge in [0.25, 0.3) is 0 Å². The van der Waals surface area contributed by atoms with Crippen LogP contribution in [0.1, 0.15) is 28.5 Å². The van der Waals surface area contributed by atoms with Crippen molar-refractivity contribution in [2.45, 2.75) is 19.3 Å². The second kappa shape index (κ2) is 4.45. The molecule has 0 unspecified atom stereocenters. The Morgan fingerprint density at radius 1 is 1.30 bits per heavy atom. The van der Waals surface area contributed by atoms with Gasteiger partial charge in [-0.1, -0.05) is 0 Å². The summed E-state index contributed by atoms with van der Waals surface area (Å²) in [5.41, 5.74) is 0.862. The molecule has 1 aliphatic rings. The van der Waals surface area contributed by atoms with E-state index in [0.717, 1.165) is 29.7 Å². The lowest BCUT2D eigenvalue weighted by atomic mass is 10.2. The van der Waals surface area contributed by atoms with Crippen LogP contribution < -0.4 is 5.63 Å². The molecule has 5 heteroatoms. The van der Waals surface area contributed by atoms with E-state index in [1.165, 1.54) is 4.88 Å². The van der Waals surface area contributed by atoms with Crippen molar-refractivity contribution in [3.05, 3.63) is 50.9 Å². The first-order chi connectivity index (χ1) is 9.81. The topological polar surface area (TPSA) is 56.2 Å². The van der Waals surface area contributed by atoms with Crippen LogP contribution in [0.4, 0.5) is 0 Å². The predicted octanol–water partition coefficient (Wildman–Crippen LogP) is 3.50. The third-order valence-electron chi connectivity index (χ3n) is 3.45. The van der Waals surface area contributed by atoms with Crippen molar-refractivity contribution in [3.63, 3.8) is 0 Å². The number of fused-ring (bicyclic) bond motifs is 3. The lowest BCUT2D eigenvalue weighted by molar-refractivity contribution is 0.490. The van der Waals surface area contributed by atoms with E-state index in [1.807, 2.05) is 6.07 Å². The van der Waals surface area contributed by atoms with E-state index in [-0.39, 0.29) is 5.63 Å². The molecule has 1 aliphatic carbocycles. The smallest absolute Gasteiger partial charge is 0.348 e. The van der Waals surface area contributed by atoms with E-state index in [9.17, 15) is 4.79 Å². The summed E-state index contributed by atoms with van der Waals surface area (Å²) in [7, 11) is 0. The molecule has 3 aromatic heterocycles. The quantitative estimate of drug-likeness (QED) is 0.723. The first kappa shape index (κ1) is 11.7. The van der Waals surface area contributed by atoms with Crippen molar-refractivity contribution in [2.75, 3.05) is 0 Å². The van der Waals surface area contributed by atoms with Crippen LogP contribution in [-0.4, -0.2) is 4.98 Å². The van der Waals surface area contributed by atoms with E-state index in [2.05, 4.69) is 4.98 Å². The molecular formula is C15H11NO3S. The Labute approximate surface area is 118 Å². The van der Waals surface area contributed by atoms with Gasteiger partial charge in [-0.05, 0) is 43.0 Å². The van der Waals surface area contributed by atoms with Gasteiger partial charge in [-0.25, -0.2) is 9.78 Å². The SMILES string of the molecule is O=c1oc(/C=C/c2ccco2)nc2sc3c(c12)CCC3. The summed E-state index contributed by atoms with van der Waals surface area (Å²) in [6.45, 7) is 0. The molecule has 0 radical (unpaired) electrons. The molecule has 3 aromatic rings. The molecule has 0 saturated heterocycles. The Morgan fingerprint density at radius 3 is 3.10 bits per heavy atom. The number of thiophene rings is 1. The maximum absolute atomic E-state index is 12.1.